The van der Waals surface area contributed by atoms with E-state index in [-0.39, 0.29) is 5.97 Å². The molecule has 2 nitrogen and oxygen atoms in total. The Labute approximate surface area is 180 Å². The maximum absolute atomic E-state index is 11.7. The van der Waals surface area contributed by atoms with E-state index in [0.717, 1.165) is 12.0 Å². The van der Waals surface area contributed by atoms with Gasteiger partial charge in [0.15, 0.2) is 0 Å². The van der Waals surface area contributed by atoms with E-state index in [0.29, 0.717) is 6.42 Å². The van der Waals surface area contributed by atoms with Crippen LogP contribution in [0.5, 0.6) is 0 Å². The third kappa shape index (κ3) is 4.05. The minimum Gasteiger partial charge on any atom is -0.469 e. The first kappa shape index (κ1) is 18.8. The standard InChI is InChI=1S/C17H14I2O2S3/c1-3-9-6-13(18)23-16(9)11-4-5-12(22-11)17-10(7-14(19)24-17)8-15(20)21-2/h4-7H,3,8H2,1-2H3. The number of aryl methyl sites for hydroxylation is 1. The third-order valence-electron chi connectivity index (χ3n) is 3.55. The van der Waals surface area contributed by atoms with E-state index < -0.39 is 0 Å². The van der Waals surface area contributed by atoms with E-state index in [1.54, 1.807) is 22.7 Å². The van der Waals surface area contributed by atoms with Crippen LogP contribution in [-0.4, -0.2) is 13.1 Å². The summed E-state index contributed by atoms with van der Waals surface area (Å²) in [6, 6.07) is 8.74. The van der Waals surface area contributed by atoms with Gasteiger partial charge in [0.05, 0.1) is 19.3 Å². The molecule has 0 saturated heterocycles. The van der Waals surface area contributed by atoms with Crippen LogP contribution < -0.4 is 0 Å². The highest BCUT2D eigenvalue weighted by Gasteiger charge is 2.17. The molecule has 3 rings (SSSR count). The molecule has 0 aliphatic carbocycles. The molecule has 126 valence electrons. The lowest BCUT2D eigenvalue weighted by molar-refractivity contribution is -0.139. The Balaban J connectivity index is 1.98. The van der Waals surface area contributed by atoms with Gasteiger partial charge in [-0.05, 0) is 87.0 Å². The fourth-order valence-electron chi connectivity index (χ4n) is 2.41. The second-order valence-corrected chi connectivity index (χ2v) is 12.1. The number of hydrogen-bond acceptors (Lipinski definition) is 5. The van der Waals surface area contributed by atoms with Crippen molar-refractivity contribution in [1.29, 1.82) is 0 Å². The van der Waals surface area contributed by atoms with Crippen molar-refractivity contribution in [2.75, 3.05) is 7.11 Å². The SMILES string of the molecule is CCc1cc(I)sc1-c1ccc(-c2sc(I)cc2CC(=O)OC)s1. The third-order valence-corrected chi connectivity index (χ3v) is 8.88. The molecule has 3 aromatic heterocycles. The number of carbonyl (C=O) groups is 1. The number of carbonyl (C=O) groups excluding carboxylic acids is 1. The van der Waals surface area contributed by atoms with Crippen LogP contribution in [-0.2, 0) is 22.4 Å². The molecule has 0 unspecified atom stereocenters. The number of hydrogen-bond donors (Lipinski definition) is 0. The van der Waals surface area contributed by atoms with Crippen molar-refractivity contribution in [3.05, 3.63) is 41.2 Å². The molecule has 0 radical (unpaired) electrons. The maximum Gasteiger partial charge on any atom is 0.310 e. The fourth-order valence-corrected chi connectivity index (χ4v) is 7.67. The lowest BCUT2D eigenvalue weighted by Crippen LogP contribution is -2.04. The Hall–Kier alpha value is 0.0300. The predicted octanol–water partition coefficient (Wildman–Crippen LogP) is 6.69. The van der Waals surface area contributed by atoms with Crippen LogP contribution in [0.25, 0.3) is 19.5 Å². The zero-order valence-electron chi connectivity index (χ0n) is 13.0. The van der Waals surface area contributed by atoms with Crippen LogP contribution in [0.2, 0.25) is 0 Å². The summed E-state index contributed by atoms with van der Waals surface area (Å²) in [7, 11) is 1.44. The zero-order valence-corrected chi connectivity index (χ0v) is 19.8. The van der Waals surface area contributed by atoms with Crippen molar-refractivity contribution in [3.8, 4) is 19.5 Å². The average molecular weight is 600 g/mol. The van der Waals surface area contributed by atoms with Crippen molar-refractivity contribution in [3.63, 3.8) is 0 Å². The van der Waals surface area contributed by atoms with Gasteiger partial charge in [-0.25, -0.2) is 0 Å². The van der Waals surface area contributed by atoms with Gasteiger partial charge in [0.2, 0.25) is 0 Å². The Bertz CT molecular complexity index is 876. The topological polar surface area (TPSA) is 26.3 Å². The van der Waals surface area contributed by atoms with Crippen LogP contribution >= 0.6 is 79.2 Å². The summed E-state index contributed by atoms with van der Waals surface area (Å²) in [4.78, 5) is 16.8. The largest absolute Gasteiger partial charge is 0.469 e. The second kappa shape index (κ2) is 8.15. The van der Waals surface area contributed by atoms with Crippen LogP contribution in [0, 0.1) is 5.77 Å². The summed E-state index contributed by atoms with van der Waals surface area (Å²) in [5.41, 5.74) is 2.47. The van der Waals surface area contributed by atoms with E-state index in [4.69, 9.17) is 4.74 Å². The van der Waals surface area contributed by atoms with Gasteiger partial charge in [0, 0.05) is 19.5 Å². The molecule has 0 bridgehead atoms. The molecule has 3 heterocycles. The second-order valence-electron chi connectivity index (χ2n) is 5.08. The van der Waals surface area contributed by atoms with E-state index in [9.17, 15) is 4.79 Å². The average Bonchev–Trinajstić information content (AvgIpc) is 3.25. The lowest BCUT2D eigenvalue weighted by Gasteiger charge is -2.01. The van der Waals surface area contributed by atoms with Gasteiger partial charge in [0.1, 0.15) is 0 Å². The molecule has 0 atom stereocenters. The summed E-state index contributed by atoms with van der Waals surface area (Å²) in [5.74, 6) is -0.191. The highest BCUT2D eigenvalue weighted by Crippen LogP contribution is 2.43. The Morgan fingerprint density at radius 3 is 2.08 bits per heavy atom. The number of rotatable bonds is 5. The van der Waals surface area contributed by atoms with Gasteiger partial charge < -0.3 is 4.74 Å². The smallest absolute Gasteiger partial charge is 0.310 e. The van der Waals surface area contributed by atoms with E-state index in [1.165, 1.54) is 37.9 Å². The van der Waals surface area contributed by atoms with Crippen LogP contribution in [0.15, 0.2) is 24.3 Å². The van der Waals surface area contributed by atoms with Gasteiger partial charge in [-0.3, -0.25) is 4.79 Å². The van der Waals surface area contributed by atoms with Gasteiger partial charge in [0.25, 0.3) is 0 Å². The number of thiophene rings is 3. The van der Waals surface area contributed by atoms with Crippen molar-refractivity contribution >= 4 is 85.2 Å². The van der Waals surface area contributed by atoms with Gasteiger partial charge in [-0.15, -0.1) is 34.0 Å². The first-order valence-electron chi connectivity index (χ1n) is 7.25. The first-order valence-corrected chi connectivity index (χ1v) is 11.9. The van der Waals surface area contributed by atoms with Crippen molar-refractivity contribution in [2.45, 2.75) is 19.8 Å². The Morgan fingerprint density at radius 1 is 1.00 bits per heavy atom. The van der Waals surface area contributed by atoms with Crippen LogP contribution in [0.4, 0.5) is 0 Å². The molecular weight excluding hydrogens is 586 g/mol. The monoisotopic (exact) mass is 600 g/mol. The quantitative estimate of drug-likeness (QED) is 0.241. The molecule has 0 aliphatic heterocycles. The van der Waals surface area contributed by atoms with Gasteiger partial charge >= 0.3 is 5.97 Å². The van der Waals surface area contributed by atoms with E-state index >= 15 is 0 Å². The molecule has 7 heteroatoms. The minimum atomic E-state index is -0.191. The molecular formula is C17H14I2O2S3. The Kier molecular flexibility index (Phi) is 6.39. The normalized spacial score (nSPS) is 11.0. The lowest BCUT2D eigenvalue weighted by atomic mass is 10.1. The number of methoxy groups -OCH3 is 1. The molecule has 0 aliphatic rings. The number of ether oxygens (including phenoxy) is 1. The zero-order chi connectivity index (χ0) is 17.3. The molecule has 24 heavy (non-hydrogen) atoms. The van der Waals surface area contributed by atoms with Crippen LogP contribution in [0.1, 0.15) is 18.1 Å². The van der Waals surface area contributed by atoms with Crippen LogP contribution in [0.3, 0.4) is 0 Å². The van der Waals surface area contributed by atoms with Gasteiger partial charge in [-0.1, -0.05) is 6.92 Å². The first-order chi connectivity index (χ1) is 11.5. The summed E-state index contributed by atoms with van der Waals surface area (Å²) in [6.45, 7) is 2.20. The Morgan fingerprint density at radius 2 is 1.54 bits per heavy atom. The molecule has 0 fully saturated rings. The molecule has 0 amide bonds. The highest BCUT2D eigenvalue weighted by atomic mass is 127. The molecule has 0 aromatic carbocycles. The minimum absolute atomic E-state index is 0.191. The highest BCUT2D eigenvalue weighted by molar-refractivity contribution is 14.1. The fraction of sp³-hybridized carbons (Fsp3) is 0.235. The van der Waals surface area contributed by atoms with E-state index in [2.05, 4.69) is 76.4 Å². The summed E-state index contributed by atoms with van der Waals surface area (Å²) < 4.78 is 7.35. The predicted molar refractivity (Wildman–Crippen MR) is 121 cm³/mol. The number of esters is 1. The summed E-state index contributed by atoms with van der Waals surface area (Å²) >= 11 is 10.1. The maximum atomic E-state index is 11.7. The molecule has 3 aromatic rings. The van der Waals surface area contributed by atoms with Crippen molar-refractivity contribution in [1.82, 2.24) is 0 Å². The molecule has 0 saturated carbocycles. The molecule has 0 N–H and O–H groups in total. The number of halogens is 2. The summed E-state index contributed by atoms with van der Waals surface area (Å²) in [5, 5.41) is 0. The summed E-state index contributed by atoms with van der Waals surface area (Å²) in [6.07, 6.45) is 1.38. The van der Waals surface area contributed by atoms with Crippen molar-refractivity contribution in [2.24, 2.45) is 0 Å². The van der Waals surface area contributed by atoms with Gasteiger partial charge in [-0.2, -0.15) is 0 Å². The van der Waals surface area contributed by atoms with E-state index in [1.807, 2.05) is 11.3 Å². The molecule has 0 spiro atoms. The van der Waals surface area contributed by atoms with Crippen molar-refractivity contribution < 1.29 is 9.53 Å².